The summed E-state index contributed by atoms with van der Waals surface area (Å²) in [6, 6.07) is 11.7. The number of rotatable bonds is 7. The Balaban J connectivity index is 1.77. The van der Waals surface area contributed by atoms with Crippen LogP contribution in [0.3, 0.4) is 0 Å². The first-order chi connectivity index (χ1) is 15.0. The summed E-state index contributed by atoms with van der Waals surface area (Å²) >= 11 is 0. The van der Waals surface area contributed by atoms with E-state index >= 15 is 0 Å². The molecule has 1 aromatic heterocycles. The second-order valence-electron chi connectivity index (χ2n) is 8.17. The molecule has 3 atom stereocenters. The summed E-state index contributed by atoms with van der Waals surface area (Å²) in [4.78, 5) is 33.5. The van der Waals surface area contributed by atoms with Crippen molar-refractivity contribution in [3.05, 3.63) is 53.9 Å². The number of methoxy groups -OCH3 is 3. The summed E-state index contributed by atoms with van der Waals surface area (Å²) in [6.07, 6.45) is 3.68. The molecular formula is C24H28N2O5. The zero-order valence-electron chi connectivity index (χ0n) is 18.2. The molecule has 1 aromatic carbocycles. The van der Waals surface area contributed by atoms with Crippen LogP contribution in [0, 0.1) is 5.41 Å². The van der Waals surface area contributed by atoms with Crippen LogP contribution in [-0.2, 0) is 27.3 Å². The van der Waals surface area contributed by atoms with Crippen molar-refractivity contribution >= 4 is 11.8 Å². The monoisotopic (exact) mass is 424 g/mol. The van der Waals surface area contributed by atoms with Crippen molar-refractivity contribution in [2.45, 2.75) is 44.3 Å². The Labute approximate surface area is 182 Å². The van der Waals surface area contributed by atoms with E-state index in [0.717, 1.165) is 18.4 Å². The Morgan fingerprint density at radius 3 is 2.58 bits per heavy atom. The molecule has 7 nitrogen and oxygen atoms in total. The predicted octanol–water partition coefficient (Wildman–Crippen LogP) is 2.81. The summed E-state index contributed by atoms with van der Waals surface area (Å²) in [5, 5.41) is 0. The van der Waals surface area contributed by atoms with Crippen LogP contribution >= 0.6 is 0 Å². The molecule has 2 aliphatic heterocycles. The summed E-state index contributed by atoms with van der Waals surface area (Å²) < 4.78 is 16.2. The fraction of sp³-hybridized carbons (Fsp3) is 0.458. The average molecular weight is 424 g/mol. The number of esters is 1. The van der Waals surface area contributed by atoms with Gasteiger partial charge >= 0.3 is 5.97 Å². The molecular weight excluding hydrogens is 396 g/mol. The Kier molecular flexibility index (Phi) is 5.96. The summed E-state index contributed by atoms with van der Waals surface area (Å²) in [5.74, 6) is 0.368. The van der Waals surface area contributed by atoms with E-state index in [0.29, 0.717) is 30.2 Å². The molecule has 0 N–H and O–H groups in total. The molecule has 3 heterocycles. The highest BCUT2D eigenvalue weighted by atomic mass is 16.5. The number of Topliss-reactive ketones (excluding diaryl/α,β-unsaturated/α-hetero) is 1. The first-order valence-corrected chi connectivity index (χ1v) is 10.5. The molecule has 4 rings (SSSR count). The molecule has 0 aliphatic carbocycles. The third-order valence-corrected chi connectivity index (χ3v) is 6.70. The lowest BCUT2D eigenvalue weighted by Crippen LogP contribution is -2.61. The van der Waals surface area contributed by atoms with Crippen LogP contribution in [0.2, 0.25) is 0 Å². The van der Waals surface area contributed by atoms with E-state index in [4.69, 9.17) is 14.2 Å². The smallest absolute Gasteiger partial charge is 0.321 e. The SMILES string of the molecule is COC(=O)[C@@]1(Cc2nccc(OC)c2OC)C(=O)C[C@H]2CC[C@@H]1N2Cc1ccccc1. The molecule has 2 saturated heterocycles. The molecule has 164 valence electrons. The molecule has 2 aromatic rings. The van der Waals surface area contributed by atoms with Crippen molar-refractivity contribution in [1.82, 2.24) is 9.88 Å². The van der Waals surface area contributed by atoms with Crippen LogP contribution in [0.25, 0.3) is 0 Å². The van der Waals surface area contributed by atoms with E-state index in [-0.39, 0.29) is 24.3 Å². The van der Waals surface area contributed by atoms with Gasteiger partial charge in [0.2, 0.25) is 0 Å². The fourth-order valence-corrected chi connectivity index (χ4v) is 5.26. The molecule has 0 spiro atoms. The van der Waals surface area contributed by atoms with Gasteiger partial charge in [0.05, 0.1) is 27.0 Å². The Bertz CT molecular complexity index is 964. The van der Waals surface area contributed by atoms with E-state index < -0.39 is 11.4 Å². The molecule has 2 bridgehead atoms. The van der Waals surface area contributed by atoms with Crippen LogP contribution in [0.5, 0.6) is 11.5 Å². The minimum atomic E-state index is -1.33. The van der Waals surface area contributed by atoms with Gasteiger partial charge in [0.25, 0.3) is 0 Å². The van der Waals surface area contributed by atoms with Crippen LogP contribution in [0.4, 0.5) is 0 Å². The molecule has 0 unspecified atom stereocenters. The summed E-state index contributed by atoms with van der Waals surface area (Å²) in [5.41, 5.74) is 0.346. The first kappa shape index (κ1) is 21.3. The van der Waals surface area contributed by atoms with Crippen molar-refractivity contribution in [2.75, 3.05) is 21.3 Å². The number of benzene rings is 1. The minimum absolute atomic E-state index is 0.0807. The Morgan fingerprint density at radius 2 is 1.90 bits per heavy atom. The van der Waals surface area contributed by atoms with Gasteiger partial charge in [0.15, 0.2) is 17.3 Å². The molecule has 31 heavy (non-hydrogen) atoms. The number of hydrogen-bond donors (Lipinski definition) is 0. The summed E-state index contributed by atoms with van der Waals surface area (Å²) in [7, 11) is 4.42. The first-order valence-electron chi connectivity index (χ1n) is 10.5. The topological polar surface area (TPSA) is 78.0 Å². The highest BCUT2D eigenvalue weighted by Crippen LogP contribution is 2.49. The second kappa shape index (κ2) is 8.67. The lowest BCUT2D eigenvalue weighted by molar-refractivity contribution is -0.167. The number of hydrogen-bond acceptors (Lipinski definition) is 7. The van der Waals surface area contributed by atoms with Gasteiger partial charge in [-0.25, -0.2) is 0 Å². The van der Waals surface area contributed by atoms with Crippen LogP contribution in [0.1, 0.15) is 30.5 Å². The number of fused-ring (bicyclic) bond motifs is 2. The Morgan fingerprint density at radius 1 is 1.13 bits per heavy atom. The molecule has 0 amide bonds. The third kappa shape index (κ3) is 3.57. The third-order valence-electron chi connectivity index (χ3n) is 6.70. The number of pyridine rings is 1. The van der Waals surface area contributed by atoms with Crippen molar-refractivity contribution in [2.24, 2.45) is 5.41 Å². The quantitative estimate of drug-likeness (QED) is 0.500. The van der Waals surface area contributed by atoms with Gasteiger partial charge in [0, 0.05) is 43.7 Å². The van der Waals surface area contributed by atoms with E-state index in [1.54, 1.807) is 19.4 Å². The molecule has 7 heteroatoms. The minimum Gasteiger partial charge on any atom is -0.493 e. The van der Waals surface area contributed by atoms with Gasteiger partial charge in [-0.05, 0) is 18.4 Å². The largest absolute Gasteiger partial charge is 0.493 e. The standard InChI is InChI=1S/C24H28N2O5/c1-29-19-11-12-25-18(22(19)30-2)14-24(23(28)31-3)20-10-9-17(13-21(24)27)26(20)15-16-7-5-4-6-8-16/h4-8,11-12,17,20H,9-10,13-15H2,1-3H3/t17-,20+,24-/m1/s1. The maximum atomic E-state index is 13.5. The van der Waals surface area contributed by atoms with Gasteiger partial charge in [-0.2, -0.15) is 0 Å². The van der Waals surface area contributed by atoms with E-state index in [2.05, 4.69) is 22.0 Å². The molecule has 2 fully saturated rings. The molecule has 0 saturated carbocycles. The van der Waals surface area contributed by atoms with E-state index in [9.17, 15) is 9.59 Å². The number of ether oxygens (including phenoxy) is 3. The Hall–Kier alpha value is -2.93. The second-order valence-corrected chi connectivity index (χ2v) is 8.17. The van der Waals surface area contributed by atoms with Crippen molar-refractivity contribution in [1.29, 1.82) is 0 Å². The number of piperidine rings is 1. The van der Waals surface area contributed by atoms with Crippen LogP contribution in [0.15, 0.2) is 42.6 Å². The van der Waals surface area contributed by atoms with E-state index in [1.807, 2.05) is 18.2 Å². The zero-order valence-corrected chi connectivity index (χ0v) is 18.2. The molecule has 2 aliphatic rings. The van der Waals surface area contributed by atoms with Crippen LogP contribution in [-0.4, -0.2) is 55.0 Å². The lowest BCUT2D eigenvalue weighted by Gasteiger charge is -2.45. The number of ketones is 1. The predicted molar refractivity (Wildman–Crippen MR) is 114 cm³/mol. The lowest BCUT2D eigenvalue weighted by atomic mass is 9.69. The maximum absolute atomic E-state index is 13.5. The number of nitrogens with zero attached hydrogens (tertiary/aromatic N) is 2. The van der Waals surface area contributed by atoms with Gasteiger partial charge in [-0.1, -0.05) is 30.3 Å². The van der Waals surface area contributed by atoms with Crippen molar-refractivity contribution in [3.63, 3.8) is 0 Å². The van der Waals surface area contributed by atoms with Gasteiger partial charge in [0.1, 0.15) is 5.41 Å². The highest BCUT2D eigenvalue weighted by Gasteiger charge is 2.61. The maximum Gasteiger partial charge on any atom is 0.321 e. The van der Waals surface area contributed by atoms with Gasteiger partial charge in [-0.3, -0.25) is 19.5 Å². The fourth-order valence-electron chi connectivity index (χ4n) is 5.26. The number of aromatic nitrogens is 1. The highest BCUT2D eigenvalue weighted by molar-refractivity contribution is 6.06. The normalized spacial score (nSPS) is 25.3. The average Bonchev–Trinajstić information content (AvgIpc) is 3.11. The van der Waals surface area contributed by atoms with Gasteiger partial charge < -0.3 is 14.2 Å². The van der Waals surface area contributed by atoms with E-state index in [1.165, 1.54) is 14.2 Å². The van der Waals surface area contributed by atoms with Crippen LogP contribution < -0.4 is 9.47 Å². The number of carbonyl (C=O) groups excluding carboxylic acids is 2. The summed E-state index contributed by atoms with van der Waals surface area (Å²) in [6.45, 7) is 0.685. The number of carbonyl (C=O) groups is 2. The zero-order chi connectivity index (χ0) is 22.0. The van der Waals surface area contributed by atoms with Gasteiger partial charge in [-0.15, -0.1) is 0 Å². The molecule has 0 radical (unpaired) electrons. The van der Waals surface area contributed by atoms with Crippen molar-refractivity contribution in [3.8, 4) is 11.5 Å². The van der Waals surface area contributed by atoms with Crippen molar-refractivity contribution < 1.29 is 23.8 Å².